The second-order valence-corrected chi connectivity index (χ2v) is 7.65. The van der Waals surface area contributed by atoms with Crippen LogP contribution in [0, 0.1) is 18.8 Å². The van der Waals surface area contributed by atoms with Crippen molar-refractivity contribution >= 4 is 0 Å². The molecule has 2 nitrogen and oxygen atoms in total. The zero-order chi connectivity index (χ0) is 16.6. The van der Waals surface area contributed by atoms with E-state index in [0.717, 1.165) is 12.1 Å². The Balaban J connectivity index is 1.76. The van der Waals surface area contributed by atoms with Gasteiger partial charge in [-0.1, -0.05) is 54.6 Å². The molecule has 1 N–H and O–H groups in total. The number of aliphatic hydroxyl groups is 1. The van der Waals surface area contributed by atoms with Crippen LogP contribution in [0.5, 0.6) is 0 Å². The Bertz CT molecular complexity index is 690. The van der Waals surface area contributed by atoms with Crippen molar-refractivity contribution in [3.8, 4) is 0 Å². The molecule has 3 heterocycles. The van der Waals surface area contributed by atoms with Gasteiger partial charge in [-0.3, -0.25) is 0 Å². The monoisotopic (exact) mass is 321 g/mol. The van der Waals surface area contributed by atoms with Gasteiger partial charge in [0.05, 0.1) is 5.60 Å². The second kappa shape index (κ2) is 6.34. The average Bonchev–Trinajstić information content (AvgIpc) is 2.64. The maximum Gasteiger partial charge on any atom is 0.0982 e. The van der Waals surface area contributed by atoms with Gasteiger partial charge in [-0.25, -0.2) is 0 Å². The predicted octanol–water partition coefficient (Wildman–Crippen LogP) is 3.77. The van der Waals surface area contributed by atoms with E-state index in [0.29, 0.717) is 18.3 Å². The van der Waals surface area contributed by atoms with Crippen LogP contribution in [0.1, 0.15) is 29.5 Å². The summed E-state index contributed by atoms with van der Waals surface area (Å²) in [6.45, 7) is 5.57. The molecule has 2 heteroatoms. The lowest BCUT2D eigenvalue weighted by Gasteiger charge is -2.51. The van der Waals surface area contributed by atoms with E-state index < -0.39 is 5.60 Å². The first kappa shape index (κ1) is 15.9. The Kier molecular flexibility index (Phi) is 4.19. The molecule has 0 aromatic heterocycles. The summed E-state index contributed by atoms with van der Waals surface area (Å²) in [5.74, 6) is 0.963. The molecule has 2 bridgehead atoms. The molecule has 3 aliphatic heterocycles. The van der Waals surface area contributed by atoms with Gasteiger partial charge in [0.15, 0.2) is 0 Å². The molecule has 2 aromatic carbocycles. The molecular weight excluding hydrogens is 294 g/mol. The van der Waals surface area contributed by atoms with Crippen molar-refractivity contribution in [3.63, 3.8) is 0 Å². The predicted molar refractivity (Wildman–Crippen MR) is 97.9 cm³/mol. The van der Waals surface area contributed by atoms with Gasteiger partial charge in [-0.2, -0.15) is 0 Å². The molecule has 0 aliphatic carbocycles. The van der Waals surface area contributed by atoms with Crippen LogP contribution in [-0.4, -0.2) is 29.6 Å². The van der Waals surface area contributed by atoms with Crippen LogP contribution in [0.15, 0.2) is 54.6 Å². The van der Waals surface area contributed by atoms with Crippen LogP contribution in [0.3, 0.4) is 0 Å². The Morgan fingerprint density at radius 2 is 1.67 bits per heavy atom. The molecule has 3 aliphatic rings. The van der Waals surface area contributed by atoms with Crippen molar-refractivity contribution in [2.45, 2.75) is 31.8 Å². The quantitative estimate of drug-likeness (QED) is 0.926. The molecule has 0 amide bonds. The lowest BCUT2D eigenvalue weighted by molar-refractivity contribution is -0.102. The summed E-state index contributed by atoms with van der Waals surface area (Å²) in [6.07, 6.45) is 3.16. The van der Waals surface area contributed by atoms with E-state index in [1.54, 1.807) is 0 Å². The zero-order valence-electron chi connectivity index (χ0n) is 14.5. The smallest absolute Gasteiger partial charge is 0.0982 e. The van der Waals surface area contributed by atoms with Crippen LogP contribution in [0.25, 0.3) is 0 Å². The zero-order valence-corrected chi connectivity index (χ0v) is 14.5. The number of hydrogen-bond donors (Lipinski definition) is 1. The highest BCUT2D eigenvalue weighted by Crippen LogP contribution is 2.45. The van der Waals surface area contributed by atoms with E-state index in [-0.39, 0.29) is 0 Å². The van der Waals surface area contributed by atoms with Crippen LogP contribution in [0.4, 0.5) is 0 Å². The number of rotatable bonds is 4. The van der Waals surface area contributed by atoms with Crippen molar-refractivity contribution in [2.24, 2.45) is 11.8 Å². The minimum atomic E-state index is -0.781. The van der Waals surface area contributed by atoms with Gasteiger partial charge in [-0.15, -0.1) is 0 Å². The fraction of sp³-hybridized carbons (Fsp3) is 0.455. The fourth-order valence-corrected chi connectivity index (χ4v) is 4.90. The SMILES string of the molecule is Cc1ccccc1[C@@](O)(Cc1ccccc1)[C@@H]1CN2CCC1CC2. The van der Waals surface area contributed by atoms with Gasteiger partial charge in [0.25, 0.3) is 0 Å². The lowest BCUT2D eigenvalue weighted by Crippen LogP contribution is -2.56. The molecule has 0 spiro atoms. The Hall–Kier alpha value is -1.64. The molecule has 0 saturated carbocycles. The van der Waals surface area contributed by atoms with E-state index >= 15 is 0 Å². The molecular formula is C22H27NO. The molecule has 24 heavy (non-hydrogen) atoms. The molecule has 0 unspecified atom stereocenters. The van der Waals surface area contributed by atoms with E-state index in [1.807, 2.05) is 6.07 Å². The van der Waals surface area contributed by atoms with E-state index in [2.05, 4.69) is 60.4 Å². The molecule has 0 radical (unpaired) electrons. The van der Waals surface area contributed by atoms with E-state index in [4.69, 9.17) is 0 Å². The van der Waals surface area contributed by atoms with Gasteiger partial charge in [0, 0.05) is 18.9 Å². The third kappa shape index (κ3) is 2.78. The summed E-state index contributed by atoms with van der Waals surface area (Å²) in [5, 5.41) is 12.0. The van der Waals surface area contributed by atoms with Gasteiger partial charge in [0.1, 0.15) is 0 Å². The highest BCUT2D eigenvalue weighted by Gasteiger charge is 2.47. The molecule has 2 aromatic rings. The van der Waals surface area contributed by atoms with Crippen LogP contribution in [-0.2, 0) is 12.0 Å². The first-order valence-electron chi connectivity index (χ1n) is 9.21. The molecule has 2 atom stereocenters. The van der Waals surface area contributed by atoms with Crippen molar-refractivity contribution in [1.82, 2.24) is 4.90 Å². The number of fused-ring (bicyclic) bond motifs is 3. The van der Waals surface area contributed by atoms with E-state index in [1.165, 1.54) is 37.1 Å². The number of benzene rings is 2. The fourth-order valence-electron chi connectivity index (χ4n) is 4.90. The van der Waals surface area contributed by atoms with E-state index in [9.17, 15) is 5.11 Å². The number of hydrogen-bond acceptors (Lipinski definition) is 2. The molecule has 5 rings (SSSR count). The number of aryl methyl sites for hydroxylation is 1. The van der Waals surface area contributed by atoms with Crippen molar-refractivity contribution < 1.29 is 5.11 Å². The largest absolute Gasteiger partial charge is 0.384 e. The van der Waals surface area contributed by atoms with Crippen molar-refractivity contribution in [2.75, 3.05) is 19.6 Å². The number of piperidine rings is 3. The summed E-state index contributed by atoms with van der Waals surface area (Å²) >= 11 is 0. The van der Waals surface area contributed by atoms with Gasteiger partial charge >= 0.3 is 0 Å². The average molecular weight is 321 g/mol. The minimum Gasteiger partial charge on any atom is -0.384 e. The Labute approximate surface area is 145 Å². The molecule has 126 valence electrons. The Morgan fingerprint density at radius 1 is 1.00 bits per heavy atom. The maximum atomic E-state index is 12.0. The summed E-state index contributed by atoms with van der Waals surface area (Å²) < 4.78 is 0. The maximum absolute atomic E-state index is 12.0. The second-order valence-electron chi connectivity index (χ2n) is 7.65. The standard InChI is InChI=1S/C22H27NO/c1-17-7-5-6-10-20(17)22(24,15-18-8-3-2-4-9-18)21-16-23-13-11-19(21)12-14-23/h2-10,19,21,24H,11-16H2,1H3/t21-,22+/m1/s1. The summed E-state index contributed by atoms with van der Waals surface area (Å²) in [4.78, 5) is 2.54. The summed E-state index contributed by atoms with van der Waals surface area (Å²) in [7, 11) is 0. The molecule has 3 fully saturated rings. The van der Waals surface area contributed by atoms with Gasteiger partial charge in [-0.05, 0) is 55.5 Å². The first-order chi connectivity index (χ1) is 11.7. The summed E-state index contributed by atoms with van der Waals surface area (Å²) in [6, 6.07) is 18.9. The molecule has 3 saturated heterocycles. The third-order valence-electron chi connectivity index (χ3n) is 6.20. The number of nitrogens with zero attached hydrogens (tertiary/aromatic N) is 1. The topological polar surface area (TPSA) is 23.5 Å². The third-order valence-corrected chi connectivity index (χ3v) is 6.20. The van der Waals surface area contributed by atoms with Crippen LogP contribution < -0.4 is 0 Å². The Morgan fingerprint density at radius 3 is 2.29 bits per heavy atom. The first-order valence-corrected chi connectivity index (χ1v) is 9.21. The lowest BCUT2D eigenvalue weighted by atomic mass is 9.65. The van der Waals surface area contributed by atoms with Crippen molar-refractivity contribution in [1.29, 1.82) is 0 Å². The normalized spacial score (nSPS) is 28.5. The highest BCUT2D eigenvalue weighted by molar-refractivity contribution is 5.35. The summed E-state index contributed by atoms with van der Waals surface area (Å²) in [5.41, 5.74) is 2.76. The van der Waals surface area contributed by atoms with Gasteiger partial charge in [0.2, 0.25) is 0 Å². The highest BCUT2D eigenvalue weighted by atomic mass is 16.3. The van der Waals surface area contributed by atoms with Crippen LogP contribution in [0.2, 0.25) is 0 Å². The van der Waals surface area contributed by atoms with Gasteiger partial charge < -0.3 is 10.0 Å². The minimum absolute atomic E-state index is 0.321. The van der Waals surface area contributed by atoms with Crippen molar-refractivity contribution in [3.05, 3.63) is 71.3 Å². The van der Waals surface area contributed by atoms with Crippen LogP contribution >= 0.6 is 0 Å².